The Bertz CT molecular complexity index is 629. The van der Waals surface area contributed by atoms with Crippen molar-refractivity contribution in [3.8, 4) is 0 Å². The third kappa shape index (κ3) is 3.71. The molecule has 5 heteroatoms. The fourth-order valence-electron chi connectivity index (χ4n) is 1.84. The first kappa shape index (κ1) is 14.8. The van der Waals surface area contributed by atoms with Gasteiger partial charge in [0.25, 0.3) is 5.91 Å². The van der Waals surface area contributed by atoms with Crippen molar-refractivity contribution in [1.82, 2.24) is 10.3 Å². The van der Waals surface area contributed by atoms with Gasteiger partial charge in [-0.25, -0.2) is 0 Å². The Morgan fingerprint density at radius 3 is 2.80 bits per heavy atom. The number of hydrogen-bond donors (Lipinski definition) is 1. The van der Waals surface area contributed by atoms with Gasteiger partial charge in [-0.15, -0.1) is 0 Å². The molecule has 0 aliphatic carbocycles. The molecule has 1 aromatic carbocycles. The highest BCUT2D eigenvalue weighted by molar-refractivity contribution is 6.35. The Labute approximate surface area is 127 Å². The van der Waals surface area contributed by atoms with E-state index >= 15 is 0 Å². The van der Waals surface area contributed by atoms with E-state index in [0.717, 1.165) is 11.1 Å². The molecule has 3 nitrogen and oxygen atoms in total. The predicted molar refractivity (Wildman–Crippen MR) is 81.5 cm³/mol. The number of aromatic nitrogens is 1. The fraction of sp³-hybridized carbons (Fsp3) is 0.200. The molecular weight excluding hydrogens is 295 g/mol. The van der Waals surface area contributed by atoms with Crippen LogP contribution in [0.2, 0.25) is 10.0 Å². The van der Waals surface area contributed by atoms with E-state index in [2.05, 4.69) is 10.3 Å². The lowest BCUT2D eigenvalue weighted by Gasteiger charge is -2.08. The van der Waals surface area contributed by atoms with Gasteiger partial charge in [-0.2, -0.15) is 0 Å². The summed E-state index contributed by atoms with van der Waals surface area (Å²) in [6, 6.07) is 9.01. The van der Waals surface area contributed by atoms with Crippen LogP contribution in [0.3, 0.4) is 0 Å². The number of hydrogen-bond acceptors (Lipinski definition) is 2. The summed E-state index contributed by atoms with van der Waals surface area (Å²) in [6.07, 6.45) is 2.26. The Hall–Kier alpha value is -1.58. The van der Waals surface area contributed by atoms with Crippen LogP contribution in [0.5, 0.6) is 0 Å². The summed E-state index contributed by atoms with van der Waals surface area (Å²) in [5.41, 5.74) is 2.26. The largest absolute Gasteiger partial charge is 0.350 e. The quantitative estimate of drug-likeness (QED) is 0.936. The Morgan fingerprint density at radius 2 is 2.10 bits per heavy atom. The number of nitrogens with one attached hydrogen (secondary N) is 1. The summed E-state index contributed by atoms with van der Waals surface area (Å²) < 4.78 is 0. The Kier molecular flexibility index (Phi) is 4.99. The van der Waals surface area contributed by atoms with Gasteiger partial charge in [0.05, 0.1) is 0 Å². The second kappa shape index (κ2) is 6.73. The van der Waals surface area contributed by atoms with Crippen molar-refractivity contribution in [1.29, 1.82) is 0 Å². The lowest BCUT2D eigenvalue weighted by Crippen LogP contribution is -2.27. The summed E-state index contributed by atoms with van der Waals surface area (Å²) >= 11 is 11.9. The molecule has 2 aromatic rings. The van der Waals surface area contributed by atoms with Crippen LogP contribution in [0.25, 0.3) is 0 Å². The van der Waals surface area contributed by atoms with Gasteiger partial charge in [-0.05, 0) is 42.7 Å². The topological polar surface area (TPSA) is 42.0 Å². The Morgan fingerprint density at radius 1 is 1.30 bits per heavy atom. The number of amides is 1. The molecule has 1 amide bonds. The first-order valence-electron chi connectivity index (χ1n) is 6.21. The zero-order chi connectivity index (χ0) is 14.5. The molecule has 0 unspecified atom stereocenters. The van der Waals surface area contributed by atoms with Crippen molar-refractivity contribution in [2.45, 2.75) is 13.3 Å². The maximum Gasteiger partial charge on any atom is 0.270 e. The van der Waals surface area contributed by atoms with Crippen molar-refractivity contribution in [2.75, 3.05) is 6.54 Å². The van der Waals surface area contributed by atoms with Gasteiger partial charge in [0, 0.05) is 22.8 Å². The first-order valence-corrected chi connectivity index (χ1v) is 6.97. The van der Waals surface area contributed by atoms with E-state index in [1.165, 1.54) is 0 Å². The molecule has 0 spiro atoms. The van der Waals surface area contributed by atoms with E-state index in [9.17, 15) is 4.79 Å². The number of aryl methyl sites for hydroxylation is 1. The average molecular weight is 309 g/mol. The number of carbonyl (C=O) groups excluding carboxylic acids is 1. The van der Waals surface area contributed by atoms with Crippen molar-refractivity contribution < 1.29 is 4.79 Å². The second-order valence-electron chi connectivity index (χ2n) is 4.41. The first-order chi connectivity index (χ1) is 9.58. The molecule has 104 valence electrons. The van der Waals surface area contributed by atoms with Gasteiger partial charge in [0.15, 0.2) is 0 Å². The summed E-state index contributed by atoms with van der Waals surface area (Å²) in [5, 5.41) is 4.05. The number of nitrogens with zero attached hydrogens (tertiary/aromatic N) is 1. The van der Waals surface area contributed by atoms with Crippen LogP contribution < -0.4 is 5.32 Å². The minimum atomic E-state index is -0.173. The molecule has 0 saturated heterocycles. The summed E-state index contributed by atoms with van der Waals surface area (Å²) in [4.78, 5) is 16.0. The smallest absolute Gasteiger partial charge is 0.270 e. The van der Waals surface area contributed by atoms with Crippen LogP contribution in [0.4, 0.5) is 0 Å². The normalized spacial score (nSPS) is 10.3. The standard InChI is InChI=1S/C15H14Cl2N2O/c1-10-3-2-7-18-14(10)15(20)19-8-6-11-4-5-12(16)9-13(11)17/h2-5,7,9H,6,8H2,1H3,(H,19,20). The maximum absolute atomic E-state index is 12.0. The van der Waals surface area contributed by atoms with Crippen LogP contribution in [0, 0.1) is 6.92 Å². The molecule has 0 aliphatic rings. The van der Waals surface area contributed by atoms with E-state index in [4.69, 9.17) is 23.2 Å². The molecule has 0 saturated carbocycles. The molecule has 0 bridgehead atoms. The van der Waals surface area contributed by atoms with E-state index in [1.54, 1.807) is 24.4 Å². The third-order valence-corrected chi connectivity index (χ3v) is 3.51. The van der Waals surface area contributed by atoms with Crippen LogP contribution >= 0.6 is 23.2 Å². The van der Waals surface area contributed by atoms with E-state index < -0.39 is 0 Å². The second-order valence-corrected chi connectivity index (χ2v) is 5.25. The lowest BCUT2D eigenvalue weighted by molar-refractivity contribution is 0.0948. The number of pyridine rings is 1. The molecular formula is C15H14Cl2N2O. The van der Waals surface area contributed by atoms with Crippen molar-refractivity contribution in [3.05, 3.63) is 63.4 Å². The van der Waals surface area contributed by atoms with Crippen LogP contribution in [-0.2, 0) is 6.42 Å². The lowest BCUT2D eigenvalue weighted by atomic mass is 10.1. The number of benzene rings is 1. The monoisotopic (exact) mass is 308 g/mol. The molecule has 1 heterocycles. The van der Waals surface area contributed by atoms with Gasteiger partial charge in [-0.3, -0.25) is 9.78 Å². The highest BCUT2D eigenvalue weighted by Gasteiger charge is 2.09. The predicted octanol–water partition coefficient (Wildman–Crippen LogP) is 3.67. The highest BCUT2D eigenvalue weighted by atomic mass is 35.5. The third-order valence-electron chi connectivity index (χ3n) is 2.92. The van der Waals surface area contributed by atoms with E-state index in [1.807, 2.05) is 19.1 Å². The van der Waals surface area contributed by atoms with Crippen LogP contribution in [-0.4, -0.2) is 17.4 Å². The van der Waals surface area contributed by atoms with Crippen LogP contribution in [0.1, 0.15) is 21.6 Å². The van der Waals surface area contributed by atoms with Gasteiger partial charge in [0.2, 0.25) is 0 Å². The highest BCUT2D eigenvalue weighted by Crippen LogP contribution is 2.21. The van der Waals surface area contributed by atoms with Gasteiger partial charge >= 0.3 is 0 Å². The van der Waals surface area contributed by atoms with Crippen molar-refractivity contribution in [2.24, 2.45) is 0 Å². The molecule has 1 N–H and O–H groups in total. The summed E-state index contributed by atoms with van der Waals surface area (Å²) in [5.74, 6) is -0.173. The maximum atomic E-state index is 12.0. The number of carbonyl (C=O) groups is 1. The summed E-state index contributed by atoms with van der Waals surface area (Å²) in [6.45, 7) is 2.36. The van der Waals surface area contributed by atoms with E-state index in [-0.39, 0.29) is 5.91 Å². The zero-order valence-electron chi connectivity index (χ0n) is 11.0. The minimum Gasteiger partial charge on any atom is -0.350 e. The molecule has 1 aromatic heterocycles. The molecule has 0 fully saturated rings. The number of halogens is 2. The van der Waals surface area contributed by atoms with Crippen molar-refractivity contribution in [3.63, 3.8) is 0 Å². The SMILES string of the molecule is Cc1cccnc1C(=O)NCCc1ccc(Cl)cc1Cl. The average Bonchev–Trinajstić information content (AvgIpc) is 2.41. The zero-order valence-corrected chi connectivity index (χ0v) is 12.5. The van der Waals surface area contributed by atoms with Crippen molar-refractivity contribution >= 4 is 29.1 Å². The molecule has 0 atom stereocenters. The molecule has 0 aliphatic heterocycles. The molecule has 0 radical (unpaired) electrons. The van der Waals surface area contributed by atoms with Gasteiger partial charge in [-0.1, -0.05) is 35.3 Å². The molecule has 20 heavy (non-hydrogen) atoms. The van der Waals surface area contributed by atoms with Gasteiger partial charge in [0.1, 0.15) is 5.69 Å². The summed E-state index contributed by atoms with van der Waals surface area (Å²) in [7, 11) is 0. The fourth-order valence-corrected chi connectivity index (χ4v) is 2.35. The Balaban J connectivity index is 1.93. The van der Waals surface area contributed by atoms with E-state index in [0.29, 0.717) is 28.7 Å². The minimum absolute atomic E-state index is 0.173. The molecule has 2 rings (SSSR count). The number of rotatable bonds is 4. The van der Waals surface area contributed by atoms with Gasteiger partial charge < -0.3 is 5.32 Å². The van der Waals surface area contributed by atoms with Crippen LogP contribution in [0.15, 0.2) is 36.5 Å².